The Labute approximate surface area is 213 Å². The van der Waals surface area contributed by atoms with Crippen LogP contribution in [0.25, 0.3) is 0 Å². The van der Waals surface area contributed by atoms with E-state index in [0.29, 0.717) is 34.4 Å². The van der Waals surface area contributed by atoms with Crippen molar-refractivity contribution in [3.8, 4) is 28.7 Å². The maximum absolute atomic E-state index is 12.6. The van der Waals surface area contributed by atoms with Crippen LogP contribution in [0, 0.1) is 0 Å². The molecule has 0 amide bonds. The number of hydrogen-bond donors (Lipinski definition) is 4. The van der Waals surface area contributed by atoms with E-state index in [1.165, 1.54) is 24.3 Å². The molecule has 0 aliphatic heterocycles. The van der Waals surface area contributed by atoms with Crippen molar-refractivity contribution in [1.82, 2.24) is 0 Å². The van der Waals surface area contributed by atoms with Crippen molar-refractivity contribution in [1.29, 1.82) is 0 Å². The van der Waals surface area contributed by atoms with Crippen LogP contribution >= 0.6 is 0 Å². The lowest BCUT2D eigenvalue weighted by molar-refractivity contribution is 0.381. The Morgan fingerprint density at radius 3 is 1.32 bits per heavy atom. The Hall–Kier alpha value is -4.30. The van der Waals surface area contributed by atoms with Gasteiger partial charge in [-0.1, -0.05) is 12.1 Å². The maximum atomic E-state index is 12.6. The molecule has 4 rings (SSSR count). The second-order valence-electron chi connectivity index (χ2n) is 7.28. The molecule has 0 unspecified atom stereocenters. The number of anilines is 2. The molecule has 0 spiro atoms. The third-order valence-electron chi connectivity index (χ3n) is 4.33. The molecule has 0 aliphatic rings. The topological polar surface area (TPSA) is 188 Å². The van der Waals surface area contributed by atoms with Gasteiger partial charge in [0.05, 0.1) is 0 Å². The summed E-state index contributed by atoms with van der Waals surface area (Å²) in [6.07, 6.45) is 0. The van der Waals surface area contributed by atoms with Gasteiger partial charge >= 0.3 is 20.5 Å². The first kappa shape index (κ1) is 27.3. The van der Waals surface area contributed by atoms with Crippen LogP contribution in [0.4, 0.5) is 11.4 Å². The molecule has 0 bridgehead atoms. The molecule has 194 valence electrons. The van der Waals surface area contributed by atoms with Crippen LogP contribution < -0.4 is 25.1 Å². The second-order valence-corrected chi connectivity index (χ2v) is 9.72. The SMILES string of the molecule is Nc1cccc(Oc2ccc(OS(=O)(=O)c3ccc(Oc4cccc(N)c4)cc3)cc2)c1.O=S(=O)(O)O. The summed E-state index contributed by atoms with van der Waals surface area (Å²) >= 11 is 0. The van der Waals surface area contributed by atoms with Crippen molar-refractivity contribution in [2.45, 2.75) is 4.90 Å². The van der Waals surface area contributed by atoms with E-state index in [9.17, 15) is 8.42 Å². The number of benzene rings is 4. The molecule has 0 aromatic heterocycles. The Balaban J connectivity index is 0.000000695. The highest BCUT2D eigenvalue weighted by molar-refractivity contribution is 7.87. The molecule has 0 saturated carbocycles. The first-order valence-corrected chi connectivity index (χ1v) is 13.1. The van der Waals surface area contributed by atoms with Crippen LogP contribution in [0.2, 0.25) is 0 Å². The fourth-order valence-electron chi connectivity index (χ4n) is 2.84. The van der Waals surface area contributed by atoms with Gasteiger partial charge in [-0.15, -0.1) is 0 Å². The minimum atomic E-state index is -4.67. The van der Waals surface area contributed by atoms with E-state index in [1.807, 2.05) is 0 Å². The van der Waals surface area contributed by atoms with E-state index in [4.69, 9.17) is 42.6 Å². The van der Waals surface area contributed by atoms with Crippen molar-refractivity contribution in [3.05, 3.63) is 97.1 Å². The standard InChI is InChI=1S/C24H20N2O5S.H2O4S/c25-17-3-1-5-22(15-17)29-19-7-9-21(10-8-19)31-32(27,28)24-13-11-20(12-14-24)30-23-6-2-4-18(26)16-23;1-5(2,3)4/h1-16H,25-26H2;(H2,1,2,3,4). The summed E-state index contributed by atoms with van der Waals surface area (Å²) in [5.41, 5.74) is 12.6. The monoisotopic (exact) mass is 546 g/mol. The predicted octanol–water partition coefficient (Wildman–Crippen LogP) is 4.55. The van der Waals surface area contributed by atoms with Crippen LogP contribution in [0.3, 0.4) is 0 Å². The second kappa shape index (κ2) is 11.6. The van der Waals surface area contributed by atoms with E-state index in [2.05, 4.69) is 0 Å². The lowest BCUT2D eigenvalue weighted by Gasteiger charge is -2.10. The maximum Gasteiger partial charge on any atom is 0.394 e. The highest BCUT2D eigenvalue weighted by atomic mass is 32.3. The normalized spacial score (nSPS) is 11.1. The van der Waals surface area contributed by atoms with E-state index < -0.39 is 20.5 Å². The number of nitrogen functional groups attached to an aromatic ring is 2. The number of rotatable bonds is 7. The van der Waals surface area contributed by atoms with Crippen molar-refractivity contribution in [2.24, 2.45) is 0 Å². The Morgan fingerprint density at radius 1 is 0.541 bits per heavy atom. The lowest BCUT2D eigenvalue weighted by Crippen LogP contribution is -2.09. The van der Waals surface area contributed by atoms with Crippen molar-refractivity contribution < 1.29 is 39.6 Å². The number of hydrogen-bond acceptors (Lipinski definition) is 9. The van der Waals surface area contributed by atoms with E-state index in [1.54, 1.807) is 72.8 Å². The van der Waals surface area contributed by atoms with Gasteiger partial charge in [-0.05, 0) is 72.8 Å². The van der Waals surface area contributed by atoms with Gasteiger partial charge in [-0.25, -0.2) is 0 Å². The van der Waals surface area contributed by atoms with Crippen LogP contribution in [0.15, 0.2) is 102 Å². The molecular formula is C24H22N2O9S2. The minimum absolute atomic E-state index is 0.00230. The summed E-state index contributed by atoms with van der Waals surface area (Å²) in [6.45, 7) is 0. The van der Waals surface area contributed by atoms with Crippen LogP contribution in [-0.4, -0.2) is 25.9 Å². The van der Waals surface area contributed by atoms with Gasteiger partial charge < -0.3 is 25.1 Å². The molecule has 0 atom stereocenters. The number of nitrogens with two attached hydrogens (primary N) is 2. The van der Waals surface area contributed by atoms with Gasteiger partial charge in [0.1, 0.15) is 33.6 Å². The predicted molar refractivity (Wildman–Crippen MR) is 137 cm³/mol. The third-order valence-corrected chi connectivity index (χ3v) is 5.59. The zero-order valence-electron chi connectivity index (χ0n) is 19.0. The fourth-order valence-corrected chi connectivity index (χ4v) is 3.77. The Bertz CT molecular complexity index is 1550. The van der Waals surface area contributed by atoms with Gasteiger partial charge in [0, 0.05) is 23.5 Å². The molecular weight excluding hydrogens is 524 g/mol. The first-order chi connectivity index (χ1) is 17.4. The van der Waals surface area contributed by atoms with Gasteiger partial charge in [-0.3, -0.25) is 9.11 Å². The van der Waals surface area contributed by atoms with Gasteiger partial charge in [0.25, 0.3) is 0 Å². The minimum Gasteiger partial charge on any atom is -0.457 e. The van der Waals surface area contributed by atoms with Gasteiger partial charge in [0.2, 0.25) is 0 Å². The quantitative estimate of drug-likeness (QED) is 0.145. The summed E-state index contributed by atoms with van der Waals surface area (Å²) in [7, 11) is -8.69. The fraction of sp³-hybridized carbons (Fsp3) is 0. The van der Waals surface area contributed by atoms with E-state index in [-0.39, 0.29) is 10.6 Å². The average molecular weight is 547 g/mol. The van der Waals surface area contributed by atoms with Crippen LogP contribution in [0.5, 0.6) is 28.7 Å². The average Bonchev–Trinajstić information content (AvgIpc) is 2.80. The van der Waals surface area contributed by atoms with Crippen LogP contribution in [0.1, 0.15) is 0 Å². The lowest BCUT2D eigenvalue weighted by atomic mass is 10.3. The van der Waals surface area contributed by atoms with Crippen molar-refractivity contribution >= 4 is 31.9 Å². The third kappa shape index (κ3) is 9.35. The smallest absolute Gasteiger partial charge is 0.394 e. The molecule has 0 fully saturated rings. The van der Waals surface area contributed by atoms with Crippen molar-refractivity contribution in [3.63, 3.8) is 0 Å². The van der Waals surface area contributed by atoms with Crippen molar-refractivity contribution in [2.75, 3.05) is 11.5 Å². The zero-order valence-corrected chi connectivity index (χ0v) is 20.6. The zero-order chi connectivity index (χ0) is 27.1. The van der Waals surface area contributed by atoms with Crippen LogP contribution in [-0.2, 0) is 20.5 Å². The van der Waals surface area contributed by atoms with E-state index in [0.717, 1.165) is 0 Å². The molecule has 4 aromatic carbocycles. The molecule has 11 nitrogen and oxygen atoms in total. The summed E-state index contributed by atoms with van der Waals surface area (Å²) in [5.74, 6) is 2.27. The Morgan fingerprint density at radius 2 is 0.919 bits per heavy atom. The molecule has 13 heteroatoms. The van der Waals surface area contributed by atoms with Gasteiger partial charge in [0.15, 0.2) is 0 Å². The summed E-state index contributed by atoms with van der Waals surface area (Å²) in [6, 6.07) is 26.1. The first-order valence-electron chi connectivity index (χ1n) is 10.3. The molecule has 0 heterocycles. The molecule has 6 N–H and O–H groups in total. The largest absolute Gasteiger partial charge is 0.457 e. The summed E-state index contributed by atoms with van der Waals surface area (Å²) < 4.78 is 73.4. The summed E-state index contributed by atoms with van der Waals surface area (Å²) in [4.78, 5) is -0.00230. The molecule has 0 aliphatic carbocycles. The molecule has 0 saturated heterocycles. The van der Waals surface area contributed by atoms with E-state index >= 15 is 0 Å². The van der Waals surface area contributed by atoms with Gasteiger partial charge in [-0.2, -0.15) is 16.8 Å². The number of ether oxygens (including phenoxy) is 2. The molecule has 4 aromatic rings. The molecule has 37 heavy (non-hydrogen) atoms. The highest BCUT2D eigenvalue weighted by Gasteiger charge is 2.17. The highest BCUT2D eigenvalue weighted by Crippen LogP contribution is 2.28. The molecule has 0 radical (unpaired) electrons. The summed E-state index contributed by atoms with van der Waals surface area (Å²) in [5, 5.41) is 0. The Kier molecular flexibility index (Phi) is 8.57.